The first-order valence-corrected chi connectivity index (χ1v) is 29.7. The van der Waals surface area contributed by atoms with Crippen LogP contribution in [0, 0.1) is 11.7 Å². The van der Waals surface area contributed by atoms with E-state index in [1.54, 1.807) is 72.6 Å². The summed E-state index contributed by atoms with van der Waals surface area (Å²) in [6.45, 7) is 9.37. The highest BCUT2D eigenvalue weighted by Gasteiger charge is 2.40. The molecule has 4 N–H and O–H groups in total. The Labute approximate surface area is 491 Å². The molecular weight excluding hydrogens is 1100 g/mol. The van der Waals surface area contributed by atoms with Crippen molar-refractivity contribution in [1.29, 1.82) is 0 Å². The number of nitrogens with zero attached hydrogens (tertiary/aromatic N) is 7. The van der Waals surface area contributed by atoms with E-state index in [-0.39, 0.29) is 109 Å². The average Bonchev–Trinajstić information content (AvgIpc) is 3.21. The smallest absolute Gasteiger partial charge is 0.246 e. The second kappa shape index (κ2) is 28.3. The summed E-state index contributed by atoms with van der Waals surface area (Å²) >= 11 is 8.26. The first-order valence-electron chi connectivity index (χ1n) is 28.5. The Kier molecular flexibility index (Phi) is 20.6. The Morgan fingerprint density at radius 2 is 1.65 bits per heavy atom. The number of nitrogens with one attached hydrogen (secondary N) is 3. The molecule has 1 aliphatic carbocycles. The van der Waals surface area contributed by atoms with Gasteiger partial charge in [-0.05, 0) is 98.3 Å². The summed E-state index contributed by atoms with van der Waals surface area (Å²) in [4.78, 5) is 87.8. The molecule has 9 rings (SSSR count). The van der Waals surface area contributed by atoms with Crippen molar-refractivity contribution in [2.75, 3.05) is 103 Å². The van der Waals surface area contributed by atoms with Crippen LogP contribution < -0.4 is 25.6 Å². The first-order chi connectivity index (χ1) is 40.2. The lowest BCUT2D eigenvalue weighted by molar-refractivity contribution is -0.139. The number of phenolic OH excluding ortho intramolecular Hbond substituents is 1. The number of thiazole rings is 1. The van der Waals surface area contributed by atoms with Gasteiger partial charge < -0.3 is 54.9 Å². The fourth-order valence-corrected chi connectivity index (χ4v) is 12.2. The molecule has 4 amide bonds. The number of hydrogen-bond acceptors (Lipinski definition) is 16. The highest BCUT2D eigenvalue weighted by atomic mass is 35.5. The molecule has 2 saturated heterocycles. The molecule has 19 nitrogen and oxygen atoms in total. The summed E-state index contributed by atoms with van der Waals surface area (Å²) < 4.78 is 34.4. The molecule has 3 atom stereocenters. The number of rotatable bonds is 25. The zero-order valence-corrected chi connectivity index (χ0v) is 48.7. The summed E-state index contributed by atoms with van der Waals surface area (Å²) in [5.74, 6) is -0.520. The summed E-state index contributed by atoms with van der Waals surface area (Å²) in [5, 5.41) is 24.1. The van der Waals surface area contributed by atoms with E-state index in [9.17, 15) is 29.1 Å². The van der Waals surface area contributed by atoms with Crippen molar-refractivity contribution in [1.82, 2.24) is 40.3 Å². The third-order valence-electron chi connectivity index (χ3n) is 15.7. The number of likely N-dealkylation sites (tertiary alicyclic amines) is 1. The lowest BCUT2D eigenvalue weighted by atomic mass is 9.83. The predicted molar refractivity (Wildman–Crippen MR) is 319 cm³/mol. The van der Waals surface area contributed by atoms with Crippen molar-refractivity contribution in [2.45, 2.75) is 76.4 Å². The number of likely N-dealkylation sites (N-methyl/N-ethyl adjacent to an activating group) is 2. The van der Waals surface area contributed by atoms with Crippen LogP contribution in [0.3, 0.4) is 0 Å². The lowest BCUT2D eigenvalue weighted by Crippen LogP contribution is -2.55. The Morgan fingerprint density at radius 3 is 2.42 bits per heavy atom. The number of aromatic hydroxyl groups is 1. The quantitative estimate of drug-likeness (QED) is 0.0241. The standard InChI is InChI=1S/C61H72ClFN10O9S/c1-5-50(75)71-23-25-72(26-24-71)57-46-36-47(62)52(45-35-42(74)33-40-15-9-10-18-44(40)45)53(63)55(46)68-61(69-57)65-21-20-51(76)70(4)27-28-80-29-30-81-31-32-82-43-17-11-16-41(34-43)56(77)48-37-83-59(66-48)49-19-12-22-73(49)60(79)54(39-13-7-6-8-14-39)67-58(78)38(2)64-3/h5,9-11,15-18,33-39,49,54,64,74H,1,6-8,12-14,19-32H2,2-4H3,(H,67,78)(H,65,68,69)/t38-,49-,54-/m0/s1. The van der Waals surface area contributed by atoms with Crippen molar-refractivity contribution < 1.29 is 47.7 Å². The maximum absolute atomic E-state index is 17.0. The van der Waals surface area contributed by atoms with Crippen LogP contribution in [0.4, 0.5) is 16.2 Å². The van der Waals surface area contributed by atoms with E-state index in [2.05, 4.69) is 27.5 Å². The van der Waals surface area contributed by atoms with Gasteiger partial charge in [0.25, 0.3) is 0 Å². The number of aromatic nitrogens is 3. The molecule has 1 saturated carbocycles. The number of halogens is 2. The number of benzene rings is 4. The summed E-state index contributed by atoms with van der Waals surface area (Å²) in [6, 6.07) is 17.6. The Balaban J connectivity index is 0.716. The largest absolute Gasteiger partial charge is 0.508 e. The van der Waals surface area contributed by atoms with Crippen LogP contribution in [0.2, 0.25) is 5.02 Å². The summed E-state index contributed by atoms with van der Waals surface area (Å²) in [5.41, 5.74) is 1.20. The van der Waals surface area contributed by atoms with Gasteiger partial charge >= 0.3 is 0 Å². The third kappa shape index (κ3) is 14.6. The van der Waals surface area contributed by atoms with Gasteiger partial charge in [-0.1, -0.05) is 73.8 Å². The third-order valence-corrected chi connectivity index (χ3v) is 17.0. The average molecular weight is 1180 g/mol. The molecule has 2 aromatic heterocycles. The highest BCUT2D eigenvalue weighted by Crippen LogP contribution is 2.43. The maximum Gasteiger partial charge on any atom is 0.246 e. The van der Waals surface area contributed by atoms with E-state index in [4.69, 9.17) is 35.8 Å². The van der Waals surface area contributed by atoms with E-state index >= 15 is 4.39 Å². The van der Waals surface area contributed by atoms with Crippen molar-refractivity contribution in [2.24, 2.45) is 5.92 Å². The van der Waals surface area contributed by atoms with Crippen LogP contribution in [-0.4, -0.2) is 169 Å². The topological polar surface area (TPSA) is 221 Å². The van der Waals surface area contributed by atoms with Crippen LogP contribution in [0.25, 0.3) is 32.8 Å². The monoisotopic (exact) mass is 1170 g/mol. The number of carbonyl (C=O) groups is 5. The molecular formula is C61H72ClFN10O9S. The van der Waals surface area contributed by atoms with Crippen molar-refractivity contribution >= 4 is 85.8 Å². The Bertz CT molecular complexity index is 3320. The van der Waals surface area contributed by atoms with E-state index < -0.39 is 17.9 Å². The second-order valence-electron chi connectivity index (χ2n) is 21.1. The number of phenols is 1. The Morgan fingerprint density at radius 1 is 0.892 bits per heavy atom. The second-order valence-corrected chi connectivity index (χ2v) is 22.4. The molecule has 3 fully saturated rings. The minimum absolute atomic E-state index is 0.000423. The molecule has 22 heteroatoms. The molecule has 83 heavy (non-hydrogen) atoms. The van der Waals surface area contributed by atoms with E-state index in [1.807, 2.05) is 34.1 Å². The van der Waals surface area contributed by atoms with Crippen molar-refractivity contribution in [3.63, 3.8) is 0 Å². The van der Waals surface area contributed by atoms with Crippen LogP contribution in [0.1, 0.15) is 85.4 Å². The number of hydrogen-bond donors (Lipinski definition) is 4. The number of fused-ring (bicyclic) bond motifs is 2. The number of amides is 4. The van der Waals surface area contributed by atoms with Crippen LogP contribution in [-0.2, 0) is 28.7 Å². The molecule has 0 unspecified atom stereocenters. The number of carbonyl (C=O) groups excluding carboxylic acids is 5. The fourth-order valence-electron chi connectivity index (χ4n) is 11.0. The van der Waals surface area contributed by atoms with Gasteiger partial charge in [0.1, 0.15) is 46.2 Å². The van der Waals surface area contributed by atoms with Gasteiger partial charge in [0.15, 0.2) is 5.82 Å². The van der Waals surface area contributed by atoms with Gasteiger partial charge in [-0.3, -0.25) is 24.0 Å². The molecule has 6 aromatic rings. The molecule has 4 heterocycles. The summed E-state index contributed by atoms with van der Waals surface area (Å²) in [7, 11) is 3.41. The van der Waals surface area contributed by atoms with E-state index in [0.717, 1.165) is 44.9 Å². The van der Waals surface area contributed by atoms with Gasteiger partial charge in [0, 0.05) is 81.2 Å². The SMILES string of the molecule is C=CC(=O)N1CCN(c2nc(NCCC(=O)N(C)CCOCCOCCOc3cccc(C(=O)c4csc([C@@H]5CCCN5C(=O)[C@@H](NC(=O)[C@H](C)NC)C5CCCCC5)n4)c3)nc3c(F)c(-c4cc(O)cc5ccccc45)c(Cl)cc23)CC1. The van der Waals surface area contributed by atoms with E-state index in [0.29, 0.717) is 95.4 Å². The zero-order valence-electron chi connectivity index (χ0n) is 47.2. The predicted octanol–water partition coefficient (Wildman–Crippen LogP) is 8.18. The normalized spacial score (nSPS) is 16.4. The summed E-state index contributed by atoms with van der Waals surface area (Å²) in [6.07, 6.45) is 7.88. The number of ketones is 1. The molecule has 440 valence electrons. The number of anilines is 2. The highest BCUT2D eigenvalue weighted by molar-refractivity contribution is 7.10. The Hall–Kier alpha value is -7.30. The molecule has 0 spiro atoms. The van der Waals surface area contributed by atoms with Gasteiger partial charge in [-0.15, -0.1) is 11.3 Å². The molecule has 4 aromatic carbocycles. The first kappa shape index (κ1) is 60.3. The van der Waals surface area contributed by atoms with Gasteiger partial charge in [0.2, 0.25) is 35.4 Å². The van der Waals surface area contributed by atoms with Gasteiger partial charge in [0.05, 0.1) is 43.5 Å². The number of ether oxygens (including phenoxy) is 3. The molecule has 3 aliphatic rings. The number of piperazine rings is 1. The van der Waals surface area contributed by atoms with Crippen LogP contribution >= 0.6 is 22.9 Å². The van der Waals surface area contributed by atoms with E-state index in [1.165, 1.54) is 23.5 Å². The minimum atomic E-state index is -0.698. The van der Waals surface area contributed by atoms with Crippen LogP contribution in [0.15, 0.2) is 84.8 Å². The maximum atomic E-state index is 17.0. The molecule has 0 bridgehead atoms. The minimum Gasteiger partial charge on any atom is -0.508 e. The van der Waals surface area contributed by atoms with Crippen molar-refractivity contribution in [3.05, 3.63) is 112 Å². The zero-order chi connectivity index (χ0) is 58.6. The van der Waals surface area contributed by atoms with Crippen LogP contribution in [0.5, 0.6) is 11.5 Å². The molecule has 0 radical (unpaired) electrons. The molecule has 2 aliphatic heterocycles. The van der Waals surface area contributed by atoms with Crippen molar-refractivity contribution in [3.8, 4) is 22.6 Å². The van der Waals surface area contributed by atoms with Gasteiger partial charge in [-0.25, -0.2) is 14.4 Å². The van der Waals surface area contributed by atoms with Gasteiger partial charge in [-0.2, -0.15) is 4.98 Å². The fraction of sp³-hybridized carbons (Fsp3) is 0.443. The lowest BCUT2D eigenvalue weighted by Gasteiger charge is -2.35.